The van der Waals surface area contributed by atoms with Crippen molar-refractivity contribution < 1.29 is 14.3 Å². The van der Waals surface area contributed by atoms with E-state index in [1.165, 1.54) is 11.8 Å². The van der Waals surface area contributed by atoms with Gasteiger partial charge in [0.2, 0.25) is 11.8 Å². The molecular formula is C22H28N2O3S. The van der Waals surface area contributed by atoms with Gasteiger partial charge in [-0.2, -0.15) is 0 Å². The number of aryl methyl sites for hydroxylation is 2. The fourth-order valence-corrected chi connectivity index (χ4v) is 3.16. The van der Waals surface area contributed by atoms with Gasteiger partial charge in [0, 0.05) is 11.4 Å². The van der Waals surface area contributed by atoms with Crippen molar-refractivity contribution in [2.75, 3.05) is 28.7 Å². The number of hydrogen-bond acceptors (Lipinski definition) is 4. The number of ether oxygens (including phenoxy) is 1. The lowest BCUT2D eigenvalue weighted by Gasteiger charge is -2.11. The minimum Gasteiger partial charge on any atom is -0.494 e. The molecule has 2 N–H and O–H groups in total. The van der Waals surface area contributed by atoms with Crippen molar-refractivity contribution in [3.05, 3.63) is 53.6 Å². The molecule has 2 amide bonds. The first-order valence-corrected chi connectivity index (χ1v) is 10.6. The maximum absolute atomic E-state index is 12.2. The zero-order valence-electron chi connectivity index (χ0n) is 16.7. The van der Waals surface area contributed by atoms with Gasteiger partial charge in [-0.1, -0.05) is 25.5 Å². The molecule has 2 aromatic rings. The van der Waals surface area contributed by atoms with E-state index in [2.05, 4.69) is 17.6 Å². The molecule has 0 unspecified atom stereocenters. The lowest BCUT2D eigenvalue weighted by Crippen LogP contribution is -2.18. The van der Waals surface area contributed by atoms with Gasteiger partial charge in [-0.3, -0.25) is 9.59 Å². The summed E-state index contributed by atoms with van der Waals surface area (Å²) in [5.74, 6) is 1.01. The molecule has 0 bridgehead atoms. The molecule has 0 spiro atoms. The van der Waals surface area contributed by atoms with Crippen molar-refractivity contribution in [3.63, 3.8) is 0 Å². The van der Waals surface area contributed by atoms with E-state index in [4.69, 9.17) is 4.74 Å². The van der Waals surface area contributed by atoms with Gasteiger partial charge in [0.1, 0.15) is 5.75 Å². The molecule has 150 valence electrons. The van der Waals surface area contributed by atoms with Crippen LogP contribution in [0.5, 0.6) is 5.75 Å². The molecule has 0 aromatic heterocycles. The van der Waals surface area contributed by atoms with Gasteiger partial charge in [-0.25, -0.2) is 0 Å². The van der Waals surface area contributed by atoms with E-state index in [1.54, 1.807) is 0 Å². The molecule has 0 saturated carbocycles. The van der Waals surface area contributed by atoms with Crippen molar-refractivity contribution in [3.8, 4) is 5.75 Å². The van der Waals surface area contributed by atoms with Crippen molar-refractivity contribution in [2.45, 2.75) is 33.6 Å². The molecule has 2 aromatic carbocycles. The number of rotatable bonds is 10. The number of anilines is 2. The Balaban J connectivity index is 1.74. The quantitative estimate of drug-likeness (QED) is 0.563. The number of amides is 2. The molecule has 0 aliphatic carbocycles. The molecule has 0 aliphatic rings. The number of thioether (sulfide) groups is 1. The van der Waals surface area contributed by atoms with E-state index in [-0.39, 0.29) is 23.3 Å². The van der Waals surface area contributed by atoms with Gasteiger partial charge in [0.25, 0.3) is 0 Å². The highest BCUT2D eigenvalue weighted by Gasteiger charge is 2.09. The van der Waals surface area contributed by atoms with Crippen molar-refractivity contribution in [1.29, 1.82) is 0 Å². The van der Waals surface area contributed by atoms with Crippen LogP contribution in [0.15, 0.2) is 42.5 Å². The van der Waals surface area contributed by atoms with Crippen LogP contribution in [-0.4, -0.2) is 29.9 Å². The van der Waals surface area contributed by atoms with E-state index >= 15 is 0 Å². The number of carbonyl (C=O) groups is 2. The van der Waals surface area contributed by atoms with Gasteiger partial charge in [0.15, 0.2) is 0 Å². The molecule has 0 aliphatic heterocycles. The SMILES string of the molecule is CCCCOc1ccc(NC(=O)CSCC(=O)Nc2cccc(C)c2)c(C)c1. The first kappa shape index (κ1) is 21.8. The van der Waals surface area contributed by atoms with E-state index in [1.807, 2.05) is 56.3 Å². The monoisotopic (exact) mass is 400 g/mol. The zero-order chi connectivity index (χ0) is 20.4. The van der Waals surface area contributed by atoms with Crippen LogP contribution in [0.25, 0.3) is 0 Å². The minimum atomic E-state index is -0.129. The summed E-state index contributed by atoms with van der Waals surface area (Å²) >= 11 is 1.29. The summed E-state index contributed by atoms with van der Waals surface area (Å²) in [5, 5.41) is 5.73. The predicted octanol–water partition coefficient (Wildman–Crippen LogP) is 4.79. The topological polar surface area (TPSA) is 67.4 Å². The highest BCUT2D eigenvalue weighted by Crippen LogP contribution is 2.22. The van der Waals surface area contributed by atoms with Crippen LogP contribution < -0.4 is 15.4 Å². The molecule has 0 radical (unpaired) electrons. The Kier molecular flexibility index (Phi) is 8.88. The van der Waals surface area contributed by atoms with Gasteiger partial charge < -0.3 is 15.4 Å². The normalized spacial score (nSPS) is 10.4. The summed E-state index contributed by atoms with van der Waals surface area (Å²) in [4.78, 5) is 24.1. The first-order chi connectivity index (χ1) is 13.5. The van der Waals surface area contributed by atoms with Crippen LogP contribution in [0.1, 0.15) is 30.9 Å². The highest BCUT2D eigenvalue weighted by molar-refractivity contribution is 8.00. The maximum atomic E-state index is 12.2. The van der Waals surface area contributed by atoms with E-state index in [0.717, 1.165) is 41.1 Å². The second-order valence-electron chi connectivity index (χ2n) is 6.64. The lowest BCUT2D eigenvalue weighted by atomic mass is 10.2. The van der Waals surface area contributed by atoms with Gasteiger partial charge >= 0.3 is 0 Å². The third-order valence-electron chi connectivity index (χ3n) is 4.01. The summed E-state index contributed by atoms with van der Waals surface area (Å²) in [6.45, 7) is 6.73. The van der Waals surface area contributed by atoms with Crippen molar-refractivity contribution >= 4 is 35.0 Å². The average molecular weight is 401 g/mol. The zero-order valence-corrected chi connectivity index (χ0v) is 17.5. The molecule has 0 fully saturated rings. The number of benzene rings is 2. The van der Waals surface area contributed by atoms with Crippen molar-refractivity contribution in [2.24, 2.45) is 0 Å². The van der Waals surface area contributed by atoms with Crippen LogP contribution in [0.2, 0.25) is 0 Å². The van der Waals surface area contributed by atoms with Gasteiger partial charge in [-0.15, -0.1) is 11.8 Å². The Morgan fingerprint density at radius 1 is 1.00 bits per heavy atom. The second-order valence-corrected chi connectivity index (χ2v) is 7.62. The molecule has 0 atom stereocenters. The van der Waals surface area contributed by atoms with E-state index in [9.17, 15) is 9.59 Å². The third-order valence-corrected chi connectivity index (χ3v) is 4.94. The lowest BCUT2D eigenvalue weighted by molar-refractivity contribution is -0.114. The summed E-state index contributed by atoms with van der Waals surface area (Å²) in [6, 6.07) is 13.3. The Morgan fingerprint density at radius 2 is 1.75 bits per heavy atom. The maximum Gasteiger partial charge on any atom is 0.234 e. The van der Waals surface area contributed by atoms with Crippen LogP contribution in [0, 0.1) is 13.8 Å². The highest BCUT2D eigenvalue weighted by atomic mass is 32.2. The number of unbranched alkanes of at least 4 members (excludes halogenated alkanes) is 1. The smallest absolute Gasteiger partial charge is 0.234 e. The molecule has 6 heteroatoms. The minimum absolute atomic E-state index is 0.117. The Morgan fingerprint density at radius 3 is 2.43 bits per heavy atom. The third kappa shape index (κ3) is 7.64. The second kappa shape index (κ2) is 11.4. The standard InChI is InChI=1S/C22H28N2O3S/c1-4-5-11-27-19-9-10-20(17(3)13-19)24-22(26)15-28-14-21(25)23-18-8-6-7-16(2)12-18/h6-10,12-13H,4-5,11,14-15H2,1-3H3,(H,23,25)(H,24,26). The van der Waals surface area contributed by atoms with Crippen LogP contribution >= 0.6 is 11.8 Å². The van der Waals surface area contributed by atoms with Crippen LogP contribution in [-0.2, 0) is 9.59 Å². The first-order valence-electron chi connectivity index (χ1n) is 9.45. The Hall–Kier alpha value is -2.47. The molecule has 0 heterocycles. The molecule has 2 rings (SSSR count). The summed E-state index contributed by atoms with van der Waals surface area (Å²) in [7, 11) is 0. The number of carbonyl (C=O) groups excluding carboxylic acids is 2. The van der Waals surface area contributed by atoms with Crippen LogP contribution in [0.4, 0.5) is 11.4 Å². The molecule has 5 nitrogen and oxygen atoms in total. The summed E-state index contributed by atoms with van der Waals surface area (Å²) in [6.07, 6.45) is 2.11. The van der Waals surface area contributed by atoms with E-state index in [0.29, 0.717) is 6.61 Å². The van der Waals surface area contributed by atoms with E-state index < -0.39 is 0 Å². The van der Waals surface area contributed by atoms with Crippen LogP contribution in [0.3, 0.4) is 0 Å². The molecule has 28 heavy (non-hydrogen) atoms. The largest absolute Gasteiger partial charge is 0.494 e. The Labute approximate surface area is 171 Å². The fourth-order valence-electron chi connectivity index (χ4n) is 2.54. The predicted molar refractivity (Wildman–Crippen MR) is 117 cm³/mol. The summed E-state index contributed by atoms with van der Waals surface area (Å²) < 4.78 is 5.67. The molecule has 0 saturated heterocycles. The fraction of sp³-hybridized carbons (Fsp3) is 0.364. The van der Waals surface area contributed by atoms with Crippen molar-refractivity contribution in [1.82, 2.24) is 0 Å². The number of nitrogens with one attached hydrogen (secondary N) is 2. The average Bonchev–Trinajstić information content (AvgIpc) is 2.64. The summed E-state index contributed by atoms with van der Waals surface area (Å²) in [5.41, 5.74) is 3.57. The van der Waals surface area contributed by atoms with Gasteiger partial charge in [-0.05, 0) is 61.7 Å². The number of hydrogen-bond donors (Lipinski definition) is 2. The molecular weight excluding hydrogens is 372 g/mol. The Bertz CT molecular complexity index is 808. The van der Waals surface area contributed by atoms with Gasteiger partial charge in [0.05, 0.1) is 18.1 Å².